The number of carbonyl (C=O) groups is 2. The summed E-state index contributed by atoms with van der Waals surface area (Å²) in [5.74, 6) is 3.38. The van der Waals surface area contributed by atoms with Gasteiger partial charge in [-0.25, -0.2) is 9.97 Å². The van der Waals surface area contributed by atoms with Crippen LogP contribution in [-0.4, -0.2) is 88.4 Å². The van der Waals surface area contributed by atoms with Gasteiger partial charge < -0.3 is 59.3 Å². The fourth-order valence-corrected chi connectivity index (χ4v) is 5.74. The van der Waals surface area contributed by atoms with E-state index in [0.717, 1.165) is 11.1 Å². The molecule has 0 fully saturated rings. The smallest absolute Gasteiger partial charge is 0.211 e. The number of H-pyrrole nitrogens is 2. The van der Waals surface area contributed by atoms with Crippen LogP contribution >= 0.6 is 0 Å². The lowest BCUT2D eigenvalue weighted by Gasteiger charge is -2.13. The number of carbonyl (C=O) groups excluding carboxylic acids is 2. The Balaban J connectivity index is 0.000000214. The van der Waals surface area contributed by atoms with Gasteiger partial charge in [0.05, 0.1) is 56.9 Å². The zero-order chi connectivity index (χ0) is 40.5. The van der Waals surface area contributed by atoms with Crippen molar-refractivity contribution < 1.29 is 47.5 Å². The zero-order valence-electron chi connectivity index (χ0n) is 32.1. The number of nitrogen functional groups attached to an aromatic ring is 2. The summed E-state index contributed by atoms with van der Waals surface area (Å²) in [6.07, 6.45) is 0. The van der Waals surface area contributed by atoms with Gasteiger partial charge in [0.2, 0.25) is 23.1 Å². The highest BCUT2D eigenvalue weighted by atomic mass is 16.5. The molecule has 0 saturated heterocycles. The van der Waals surface area contributed by atoms with Crippen LogP contribution in [-0.2, 0) is 0 Å². The molecule has 0 radical (unpaired) electrons. The van der Waals surface area contributed by atoms with Crippen molar-refractivity contribution in [2.75, 3.05) is 68.3 Å². The van der Waals surface area contributed by atoms with E-state index in [1.54, 1.807) is 87.0 Å². The molecule has 0 aliphatic carbocycles. The van der Waals surface area contributed by atoms with Gasteiger partial charge in [0.25, 0.3) is 0 Å². The average molecular weight is 767 g/mol. The Bertz CT molecular complexity index is 2100. The molecule has 0 aliphatic heterocycles. The van der Waals surface area contributed by atoms with Gasteiger partial charge in [-0.15, -0.1) is 0 Å². The molecule has 292 valence electrons. The lowest BCUT2D eigenvalue weighted by atomic mass is 10.0. The molecule has 2 aromatic heterocycles. The molecule has 0 amide bonds. The van der Waals surface area contributed by atoms with Crippen molar-refractivity contribution >= 4 is 23.5 Å². The number of aromatic amines is 2. The molecular formula is C40H42N6O10. The summed E-state index contributed by atoms with van der Waals surface area (Å²) in [6.45, 7) is 0. The summed E-state index contributed by atoms with van der Waals surface area (Å²) in [5, 5.41) is 0. The zero-order valence-corrected chi connectivity index (χ0v) is 32.1. The molecule has 56 heavy (non-hydrogen) atoms. The van der Waals surface area contributed by atoms with Crippen LogP contribution < -0.4 is 49.4 Å². The highest BCUT2D eigenvalue weighted by Crippen LogP contribution is 2.40. The highest BCUT2D eigenvalue weighted by Gasteiger charge is 2.25. The normalized spacial score (nSPS) is 10.4. The maximum atomic E-state index is 13.2. The fourth-order valence-electron chi connectivity index (χ4n) is 5.74. The Labute approximate surface area is 322 Å². The van der Waals surface area contributed by atoms with E-state index >= 15 is 0 Å². The third-order valence-corrected chi connectivity index (χ3v) is 8.48. The molecule has 16 nitrogen and oxygen atoms in total. The monoisotopic (exact) mass is 766 g/mol. The lowest BCUT2D eigenvalue weighted by Crippen LogP contribution is -2.06. The van der Waals surface area contributed by atoms with E-state index in [1.165, 1.54) is 42.7 Å². The number of rotatable bonds is 14. The van der Waals surface area contributed by atoms with Crippen LogP contribution in [0.4, 0.5) is 11.9 Å². The Morgan fingerprint density at radius 1 is 0.464 bits per heavy atom. The fraction of sp³-hybridized carbons (Fsp3) is 0.200. The number of imidazole rings is 2. The van der Waals surface area contributed by atoms with Gasteiger partial charge in [0, 0.05) is 22.3 Å². The van der Waals surface area contributed by atoms with Crippen LogP contribution in [0.15, 0.2) is 72.8 Å². The van der Waals surface area contributed by atoms with E-state index in [-0.39, 0.29) is 34.9 Å². The number of benzene rings is 4. The third kappa shape index (κ3) is 8.23. The highest BCUT2D eigenvalue weighted by molar-refractivity contribution is 6.13. The third-order valence-electron chi connectivity index (χ3n) is 8.48. The second kappa shape index (κ2) is 17.6. The van der Waals surface area contributed by atoms with E-state index in [2.05, 4.69) is 19.9 Å². The summed E-state index contributed by atoms with van der Waals surface area (Å²) in [7, 11) is 12.1. The van der Waals surface area contributed by atoms with Crippen molar-refractivity contribution in [2.45, 2.75) is 0 Å². The SMILES string of the molecule is COc1ccc(-c2nc(N)[nH]c2C(=O)c2cc(OC)c(OC)c(OC)c2)cc1.COc1ccc(-c2nc(N)[nH]c2C(=O)c2cc(OC)c(OC)c(OC)c2)cc1. The number of nitrogens with zero attached hydrogens (tertiary/aromatic N) is 2. The summed E-state index contributed by atoms with van der Waals surface area (Å²) in [4.78, 5) is 40.7. The number of methoxy groups -OCH3 is 8. The van der Waals surface area contributed by atoms with Crippen molar-refractivity contribution in [3.63, 3.8) is 0 Å². The first-order valence-electron chi connectivity index (χ1n) is 16.7. The van der Waals surface area contributed by atoms with Gasteiger partial charge in [0.15, 0.2) is 34.9 Å². The standard InChI is InChI=1S/2C20H21N3O5/c2*1-25-13-7-5-11(6-8-13)16-17(23-20(21)22-16)18(24)12-9-14(26-2)19(28-4)15(10-12)27-3/h2*5-10H,1-4H3,(H3,21,22,23). The molecular weight excluding hydrogens is 724 g/mol. The molecule has 6 N–H and O–H groups in total. The van der Waals surface area contributed by atoms with E-state index in [4.69, 9.17) is 49.4 Å². The van der Waals surface area contributed by atoms with Crippen molar-refractivity contribution in [3.05, 3.63) is 95.3 Å². The van der Waals surface area contributed by atoms with Gasteiger partial charge in [0.1, 0.15) is 34.3 Å². The van der Waals surface area contributed by atoms with Crippen molar-refractivity contribution in [1.29, 1.82) is 0 Å². The first kappa shape index (κ1) is 39.8. The van der Waals surface area contributed by atoms with Gasteiger partial charge in [-0.3, -0.25) is 9.59 Å². The van der Waals surface area contributed by atoms with Gasteiger partial charge in [-0.2, -0.15) is 0 Å². The lowest BCUT2D eigenvalue weighted by molar-refractivity contribution is 0.102. The molecule has 6 rings (SSSR count). The van der Waals surface area contributed by atoms with Crippen molar-refractivity contribution in [3.8, 4) is 68.5 Å². The van der Waals surface area contributed by atoms with Crippen molar-refractivity contribution in [1.82, 2.24) is 19.9 Å². The van der Waals surface area contributed by atoms with Gasteiger partial charge in [-0.05, 0) is 72.8 Å². The molecule has 2 heterocycles. The van der Waals surface area contributed by atoms with Crippen LogP contribution in [0.1, 0.15) is 32.1 Å². The molecule has 0 atom stereocenters. The molecule has 0 spiro atoms. The molecule has 16 heteroatoms. The molecule has 6 aromatic rings. The van der Waals surface area contributed by atoms with Gasteiger partial charge >= 0.3 is 0 Å². The minimum atomic E-state index is -0.311. The topological polar surface area (TPSA) is 217 Å². The van der Waals surface area contributed by atoms with Crippen LogP contribution in [0.3, 0.4) is 0 Å². The quantitative estimate of drug-likeness (QED) is 0.0957. The number of ether oxygens (including phenoxy) is 8. The number of nitrogens with one attached hydrogen (secondary N) is 2. The van der Waals surface area contributed by atoms with E-state index in [0.29, 0.717) is 68.5 Å². The minimum Gasteiger partial charge on any atom is -0.497 e. The van der Waals surface area contributed by atoms with Crippen LogP contribution in [0, 0.1) is 0 Å². The van der Waals surface area contributed by atoms with Crippen LogP contribution in [0.2, 0.25) is 0 Å². The molecule has 0 bridgehead atoms. The summed E-state index contributed by atoms with van der Waals surface area (Å²) in [5.41, 5.74) is 15.2. The number of anilines is 2. The molecule has 0 saturated carbocycles. The largest absolute Gasteiger partial charge is 0.497 e. The van der Waals surface area contributed by atoms with Gasteiger partial charge in [-0.1, -0.05) is 0 Å². The first-order valence-corrected chi connectivity index (χ1v) is 16.7. The summed E-state index contributed by atoms with van der Waals surface area (Å²) in [6, 6.07) is 20.7. The minimum absolute atomic E-state index is 0.140. The Kier molecular flexibility index (Phi) is 12.6. The van der Waals surface area contributed by atoms with E-state index < -0.39 is 0 Å². The maximum Gasteiger partial charge on any atom is 0.211 e. The number of ketones is 2. The number of nitrogens with two attached hydrogens (primary N) is 2. The Morgan fingerprint density at radius 3 is 1.02 bits per heavy atom. The Morgan fingerprint density at radius 2 is 0.768 bits per heavy atom. The Hall–Kier alpha value is -7.36. The maximum absolute atomic E-state index is 13.2. The molecule has 4 aromatic carbocycles. The first-order chi connectivity index (χ1) is 27.0. The number of hydrogen-bond donors (Lipinski definition) is 4. The predicted molar refractivity (Wildman–Crippen MR) is 209 cm³/mol. The molecule has 0 unspecified atom stereocenters. The average Bonchev–Trinajstić information content (AvgIpc) is 3.84. The van der Waals surface area contributed by atoms with Crippen LogP contribution in [0.5, 0.6) is 46.0 Å². The molecule has 0 aliphatic rings. The summed E-state index contributed by atoms with van der Waals surface area (Å²) < 4.78 is 42.3. The number of aromatic nitrogens is 4. The van der Waals surface area contributed by atoms with E-state index in [1.807, 2.05) is 0 Å². The van der Waals surface area contributed by atoms with Crippen LogP contribution in [0.25, 0.3) is 22.5 Å². The van der Waals surface area contributed by atoms with Crippen molar-refractivity contribution in [2.24, 2.45) is 0 Å². The predicted octanol–water partition coefficient (Wildman–Crippen LogP) is 5.85. The summed E-state index contributed by atoms with van der Waals surface area (Å²) >= 11 is 0. The number of hydrogen-bond acceptors (Lipinski definition) is 14. The second-order valence-corrected chi connectivity index (χ2v) is 11.6. The van der Waals surface area contributed by atoms with E-state index in [9.17, 15) is 9.59 Å². The second-order valence-electron chi connectivity index (χ2n) is 11.6.